The molecular formula is C22H19FN2O2S. The van der Waals surface area contributed by atoms with Crippen molar-refractivity contribution in [2.75, 3.05) is 6.54 Å². The Balaban J connectivity index is 1.28. The number of thiophene rings is 1. The van der Waals surface area contributed by atoms with E-state index in [1.165, 1.54) is 6.07 Å². The average molecular weight is 394 g/mol. The van der Waals surface area contributed by atoms with Crippen LogP contribution in [-0.4, -0.2) is 35.3 Å². The quantitative estimate of drug-likeness (QED) is 0.735. The van der Waals surface area contributed by atoms with Crippen LogP contribution in [0.25, 0.3) is 10.8 Å². The molecule has 1 saturated carbocycles. The largest absolute Gasteiger partial charge is 0.346 e. The summed E-state index contributed by atoms with van der Waals surface area (Å²) in [4.78, 5) is 27.3. The zero-order valence-corrected chi connectivity index (χ0v) is 15.9. The van der Waals surface area contributed by atoms with Crippen LogP contribution in [0, 0.1) is 11.7 Å². The molecule has 28 heavy (non-hydrogen) atoms. The van der Waals surface area contributed by atoms with Gasteiger partial charge in [-0.3, -0.25) is 9.59 Å². The average Bonchev–Trinajstić information content (AvgIpc) is 3.41. The van der Waals surface area contributed by atoms with Crippen LogP contribution in [0.2, 0.25) is 0 Å². The summed E-state index contributed by atoms with van der Waals surface area (Å²) >= 11 is 1.10. The van der Waals surface area contributed by atoms with Crippen molar-refractivity contribution in [1.82, 2.24) is 10.2 Å². The maximum Gasteiger partial charge on any atom is 0.264 e. The molecule has 6 heteroatoms. The Morgan fingerprint density at radius 2 is 1.96 bits per heavy atom. The molecule has 3 atom stereocenters. The molecule has 6 rings (SSSR count). The van der Waals surface area contributed by atoms with E-state index in [0.717, 1.165) is 34.1 Å². The highest BCUT2D eigenvalue weighted by Crippen LogP contribution is 2.41. The van der Waals surface area contributed by atoms with Crippen LogP contribution < -0.4 is 5.32 Å². The van der Waals surface area contributed by atoms with Gasteiger partial charge in [0.2, 0.25) is 5.91 Å². The van der Waals surface area contributed by atoms with E-state index < -0.39 is 5.82 Å². The van der Waals surface area contributed by atoms with Crippen LogP contribution in [0.3, 0.4) is 0 Å². The first-order valence-corrected chi connectivity index (χ1v) is 10.3. The van der Waals surface area contributed by atoms with Gasteiger partial charge in [0.25, 0.3) is 5.91 Å². The molecule has 1 N–H and O–H groups in total. The van der Waals surface area contributed by atoms with Crippen LogP contribution in [-0.2, 0) is 11.2 Å². The van der Waals surface area contributed by atoms with Crippen molar-refractivity contribution in [3.8, 4) is 0 Å². The van der Waals surface area contributed by atoms with Gasteiger partial charge in [0.05, 0.1) is 18.5 Å². The maximum atomic E-state index is 13.6. The van der Waals surface area contributed by atoms with E-state index in [-0.39, 0.29) is 34.7 Å². The van der Waals surface area contributed by atoms with Crippen LogP contribution >= 0.6 is 11.3 Å². The summed E-state index contributed by atoms with van der Waals surface area (Å²) in [6.45, 7) is 0.659. The third-order valence-corrected chi connectivity index (χ3v) is 6.85. The third kappa shape index (κ3) is 2.79. The highest BCUT2D eigenvalue weighted by Gasteiger charge is 2.54. The number of benzene rings is 2. The van der Waals surface area contributed by atoms with E-state index >= 15 is 0 Å². The smallest absolute Gasteiger partial charge is 0.264 e. The summed E-state index contributed by atoms with van der Waals surface area (Å²) in [6.07, 6.45) is 1.25. The lowest BCUT2D eigenvalue weighted by Crippen LogP contribution is -2.55. The normalized spacial score (nSPS) is 22.9. The predicted octanol–water partition coefficient (Wildman–Crippen LogP) is 3.61. The minimum atomic E-state index is -0.488. The van der Waals surface area contributed by atoms with Gasteiger partial charge in [-0.05, 0) is 34.2 Å². The number of halogens is 1. The number of hydrogen-bond acceptors (Lipinski definition) is 3. The standard InChI is InChI=1S/C22H19FN2O2S/c23-17-8-9-28-21(17)22(27)24-20-15-10-18(20)25(12-15)19(26)11-14-6-3-5-13-4-1-2-7-16(13)14/h1-9,15,18,20H,10-12H2,(H,24,27). The number of nitrogens with zero attached hydrogens (tertiary/aromatic N) is 1. The highest BCUT2D eigenvalue weighted by atomic mass is 32.1. The van der Waals surface area contributed by atoms with Crippen LogP contribution in [0.4, 0.5) is 4.39 Å². The number of carbonyl (C=O) groups is 2. The fourth-order valence-corrected chi connectivity index (χ4v) is 5.17. The molecular weight excluding hydrogens is 375 g/mol. The molecule has 2 aromatic carbocycles. The van der Waals surface area contributed by atoms with E-state index in [1.807, 2.05) is 47.4 Å². The molecule has 2 bridgehead atoms. The molecule has 2 saturated heterocycles. The van der Waals surface area contributed by atoms with Crippen molar-refractivity contribution < 1.29 is 14.0 Å². The summed E-state index contributed by atoms with van der Waals surface area (Å²) in [7, 11) is 0. The molecule has 142 valence electrons. The first-order chi connectivity index (χ1) is 13.6. The number of rotatable bonds is 4. The second kappa shape index (κ2) is 6.71. The number of nitrogens with one attached hydrogen (secondary N) is 1. The summed E-state index contributed by atoms with van der Waals surface area (Å²) in [5.41, 5.74) is 1.02. The Morgan fingerprint density at radius 3 is 2.79 bits per heavy atom. The summed E-state index contributed by atoms with van der Waals surface area (Å²) in [6, 6.07) is 15.3. The van der Waals surface area contributed by atoms with Crippen molar-refractivity contribution in [1.29, 1.82) is 0 Å². The van der Waals surface area contributed by atoms with Crippen molar-refractivity contribution in [3.05, 3.63) is 70.2 Å². The summed E-state index contributed by atoms with van der Waals surface area (Å²) < 4.78 is 13.6. The first kappa shape index (κ1) is 17.4. The van der Waals surface area contributed by atoms with E-state index in [4.69, 9.17) is 0 Å². The Labute approximate surface area is 166 Å². The summed E-state index contributed by atoms with van der Waals surface area (Å²) in [5, 5.41) is 6.73. The summed E-state index contributed by atoms with van der Waals surface area (Å²) in [5.74, 6) is -0.523. The van der Waals surface area contributed by atoms with Gasteiger partial charge in [0.1, 0.15) is 10.7 Å². The Kier molecular flexibility index (Phi) is 4.16. The molecule has 3 aliphatic rings. The van der Waals surface area contributed by atoms with Gasteiger partial charge in [-0.2, -0.15) is 0 Å². The maximum absolute atomic E-state index is 13.6. The Hall–Kier alpha value is -2.73. The van der Waals surface area contributed by atoms with Crippen molar-refractivity contribution in [3.63, 3.8) is 0 Å². The Bertz CT molecular complexity index is 1070. The van der Waals surface area contributed by atoms with Crippen molar-refractivity contribution in [2.45, 2.75) is 24.9 Å². The molecule has 2 aliphatic heterocycles. The SMILES string of the molecule is O=C(NC1C2CC1N(C(=O)Cc1cccc3ccccc13)C2)c1sccc1F. The minimum Gasteiger partial charge on any atom is -0.346 e. The van der Waals surface area contributed by atoms with Crippen LogP contribution in [0.5, 0.6) is 0 Å². The predicted molar refractivity (Wildman–Crippen MR) is 107 cm³/mol. The molecule has 0 radical (unpaired) electrons. The molecule has 3 unspecified atom stereocenters. The number of carbonyl (C=O) groups excluding carboxylic acids is 2. The molecule has 1 aliphatic carbocycles. The molecule has 0 spiro atoms. The van der Waals surface area contributed by atoms with E-state index in [2.05, 4.69) is 5.32 Å². The number of hydrogen-bond donors (Lipinski definition) is 1. The molecule has 1 aromatic heterocycles. The van der Waals surface area contributed by atoms with Crippen LogP contribution in [0.15, 0.2) is 53.9 Å². The third-order valence-electron chi connectivity index (χ3n) is 5.96. The second-order valence-corrected chi connectivity index (χ2v) is 8.44. The van der Waals surface area contributed by atoms with Gasteiger partial charge in [-0.1, -0.05) is 42.5 Å². The highest BCUT2D eigenvalue weighted by molar-refractivity contribution is 7.12. The lowest BCUT2D eigenvalue weighted by Gasteiger charge is -2.36. The van der Waals surface area contributed by atoms with Crippen molar-refractivity contribution in [2.24, 2.45) is 5.92 Å². The topological polar surface area (TPSA) is 49.4 Å². The number of amides is 2. The molecule has 3 fully saturated rings. The Morgan fingerprint density at radius 1 is 1.14 bits per heavy atom. The lowest BCUT2D eigenvalue weighted by atomic mass is 9.80. The van der Waals surface area contributed by atoms with Gasteiger partial charge < -0.3 is 10.2 Å². The van der Waals surface area contributed by atoms with Gasteiger partial charge in [0.15, 0.2) is 0 Å². The number of fused-ring (bicyclic) bond motifs is 2. The van der Waals surface area contributed by atoms with Gasteiger partial charge in [0, 0.05) is 12.5 Å². The monoisotopic (exact) mass is 394 g/mol. The fourth-order valence-electron chi connectivity index (χ4n) is 4.50. The fraction of sp³-hybridized carbons (Fsp3) is 0.273. The van der Waals surface area contributed by atoms with E-state index in [0.29, 0.717) is 13.0 Å². The van der Waals surface area contributed by atoms with Crippen molar-refractivity contribution >= 4 is 33.9 Å². The van der Waals surface area contributed by atoms with Gasteiger partial charge >= 0.3 is 0 Å². The molecule has 3 aromatic rings. The minimum absolute atomic E-state index is 0.0134. The molecule has 4 nitrogen and oxygen atoms in total. The van der Waals surface area contributed by atoms with E-state index in [1.54, 1.807) is 5.38 Å². The van der Waals surface area contributed by atoms with E-state index in [9.17, 15) is 14.0 Å². The molecule has 2 amide bonds. The zero-order chi connectivity index (χ0) is 19.3. The van der Waals surface area contributed by atoms with Gasteiger partial charge in [-0.15, -0.1) is 11.3 Å². The van der Waals surface area contributed by atoms with Gasteiger partial charge in [-0.25, -0.2) is 4.39 Å². The second-order valence-electron chi connectivity index (χ2n) is 7.52. The molecule has 3 heterocycles. The van der Waals surface area contributed by atoms with Crippen LogP contribution in [0.1, 0.15) is 21.7 Å². The lowest BCUT2D eigenvalue weighted by molar-refractivity contribution is -0.130. The zero-order valence-electron chi connectivity index (χ0n) is 15.1. The first-order valence-electron chi connectivity index (χ1n) is 9.42.